The van der Waals surface area contributed by atoms with Crippen LogP contribution in [0.2, 0.25) is 0 Å². The molecule has 36 heavy (non-hydrogen) atoms. The molecule has 0 aliphatic carbocycles. The first-order valence-electron chi connectivity index (χ1n) is 11.4. The molecule has 4 rings (SSSR count). The summed E-state index contributed by atoms with van der Waals surface area (Å²) in [6.07, 6.45) is 0.879. The second-order valence-electron chi connectivity index (χ2n) is 8.60. The Balaban J connectivity index is 0.000000202. The number of aliphatic hydroxyl groups excluding tert-OH is 2. The van der Waals surface area contributed by atoms with Gasteiger partial charge in [0.05, 0.1) is 26.9 Å². The summed E-state index contributed by atoms with van der Waals surface area (Å²) in [7, 11) is -7.19. The summed E-state index contributed by atoms with van der Waals surface area (Å²) in [5, 5.41) is 29.4. The minimum Gasteiger partial charge on any atom is -0.399 e. The van der Waals surface area contributed by atoms with E-state index in [0.29, 0.717) is 44.5 Å². The Morgan fingerprint density at radius 1 is 0.778 bits per heavy atom. The van der Waals surface area contributed by atoms with Gasteiger partial charge in [0.15, 0.2) is 0 Å². The predicted molar refractivity (Wildman–Crippen MR) is 132 cm³/mol. The maximum Gasteiger partial charge on any atom is 0.270 e. The average molecular weight is 543 g/mol. The van der Waals surface area contributed by atoms with Crippen molar-refractivity contribution >= 4 is 31.4 Å². The number of non-ortho nitro benzene ring substituents is 1. The van der Waals surface area contributed by atoms with Gasteiger partial charge in [-0.2, -0.15) is 8.61 Å². The highest BCUT2D eigenvalue weighted by molar-refractivity contribution is 7.89. The number of nitro benzene ring substituents is 1. The van der Waals surface area contributed by atoms with E-state index in [1.165, 1.54) is 38.9 Å². The first-order valence-corrected chi connectivity index (χ1v) is 14.3. The monoisotopic (exact) mass is 542 g/mol. The van der Waals surface area contributed by atoms with Gasteiger partial charge < -0.3 is 15.9 Å². The third-order valence-corrected chi connectivity index (χ3v) is 9.80. The molecule has 14 heteroatoms. The number of aliphatic hydroxyl groups is 2. The van der Waals surface area contributed by atoms with Gasteiger partial charge in [-0.25, -0.2) is 16.8 Å². The smallest absolute Gasteiger partial charge is 0.270 e. The average Bonchev–Trinajstić information content (AvgIpc) is 2.85. The van der Waals surface area contributed by atoms with E-state index in [1.807, 2.05) is 0 Å². The lowest BCUT2D eigenvalue weighted by atomic mass is 10.1. The van der Waals surface area contributed by atoms with Crippen LogP contribution in [0.4, 0.5) is 11.4 Å². The quantitative estimate of drug-likeness (QED) is 0.283. The van der Waals surface area contributed by atoms with Crippen molar-refractivity contribution < 1.29 is 32.0 Å². The lowest BCUT2D eigenvalue weighted by Gasteiger charge is -2.28. The molecule has 2 aromatic rings. The molecule has 4 N–H and O–H groups in total. The first-order chi connectivity index (χ1) is 16.9. The van der Waals surface area contributed by atoms with Gasteiger partial charge in [0.25, 0.3) is 5.69 Å². The van der Waals surface area contributed by atoms with Crippen molar-refractivity contribution in [2.45, 2.75) is 47.7 Å². The molecule has 0 saturated carbocycles. The third-order valence-electron chi connectivity index (χ3n) is 6.01. The van der Waals surface area contributed by atoms with E-state index in [2.05, 4.69) is 0 Å². The standard InChI is InChI=1S/C11H14N2O5S.C11H16N2O3S/c14-10-4-6-12(7-5-10)19(17,18)11-3-1-2-9(8-11)13(15)16;12-9-2-1-3-11(8-9)17(15,16)13-6-4-10(14)5-7-13/h1-3,8,10,14H,4-7H2;1-3,8,10,14H,4-7,12H2. The van der Waals surface area contributed by atoms with E-state index >= 15 is 0 Å². The summed E-state index contributed by atoms with van der Waals surface area (Å²) < 4.78 is 51.7. The van der Waals surface area contributed by atoms with Crippen LogP contribution in [0.25, 0.3) is 0 Å². The van der Waals surface area contributed by atoms with Gasteiger partial charge in [-0.15, -0.1) is 0 Å². The van der Waals surface area contributed by atoms with Crippen molar-refractivity contribution in [1.82, 2.24) is 8.61 Å². The molecule has 12 nitrogen and oxygen atoms in total. The van der Waals surface area contributed by atoms with Gasteiger partial charge >= 0.3 is 0 Å². The number of anilines is 1. The van der Waals surface area contributed by atoms with E-state index in [-0.39, 0.29) is 34.7 Å². The summed E-state index contributed by atoms with van der Waals surface area (Å²) in [5.41, 5.74) is 5.77. The fourth-order valence-corrected chi connectivity index (χ4v) is 6.93. The van der Waals surface area contributed by atoms with E-state index in [4.69, 9.17) is 5.73 Å². The number of hydrogen-bond acceptors (Lipinski definition) is 9. The van der Waals surface area contributed by atoms with Crippen LogP contribution in [0.5, 0.6) is 0 Å². The highest BCUT2D eigenvalue weighted by atomic mass is 32.2. The van der Waals surface area contributed by atoms with Gasteiger partial charge in [0, 0.05) is 44.0 Å². The minimum absolute atomic E-state index is 0.0851. The maximum atomic E-state index is 12.3. The van der Waals surface area contributed by atoms with Gasteiger partial charge in [-0.3, -0.25) is 10.1 Å². The minimum atomic E-state index is -3.72. The van der Waals surface area contributed by atoms with Crippen LogP contribution in [0.1, 0.15) is 25.7 Å². The van der Waals surface area contributed by atoms with Gasteiger partial charge in [0.1, 0.15) is 0 Å². The molecule has 0 atom stereocenters. The summed E-state index contributed by atoms with van der Waals surface area (Å²) >= 11 is 0. The number of sulfonamides is 2. The van der Waals surface area contributed by atoms with E-state index in [1.54, 1.807) is 12.1 Å². The number of nitrogen functional groups attached to an aromatic ring is 1. The molecular weight excluding hydrogens is 512 g/mol. The molecule has 0 aromatic heterocycles. The molecular formula is C22H30N4O8S2. The molecule has 0 unspecified atom stereocenters. The molecule has 2 fully saturated rings. The molecule has 0 spiro atoms. The summed E-state index contributed by atoms with van der Waals surface area (Å²) in [6.45, 7) is 1.18. The van der Waals surface area contributed by atoms with Crippen LogP contribution in [0.15, 0.2) is 58.3 Å². The van der Waals surface area contributed by atoms with Gasteiger partial charge in [-0.05, 0) is 49.9 Å². The Kier molecular flexibility index (Phi) is 9.03. The molecule has 0 bridgehead atoms. The highest BCUT2D eigenvalue weighted by Crippen LogP contribution is 2.24. The third kappa shape index (κ3) is 6.78. The maximum absolute atomic E-state index is 12.3. The topological polar surface area (TPSA) is 184 Å². The molecule has 2 aliphatic heterocycles. The van der Waals surface area contributed by atoms with Crippen LogP contribution in [0.3, 0.4) is 0 Å². The second kappa shape index (κ2) is 11.6. The number of nitrogens with two attached hydrogens (primary N) is 1. The highest BCUT2D eigenvalue weighted by Gasteiger charge is 2.30. The SMILES string of the molecule is Nc1cccc(S(=O)(=O)N2CCC(O)CC2)c1.O=[N+]([O-])c1cccc(S(=O)(=O)N2CCC(O)CC2)c1. The Morgan fingerprint density at radius 2 is 1.19 bits per heavy atom. The predicted octanol–water partition coefficient (Wildman–Crippen LogP) is 1.15. The number of rotatable bonds is 5. The van der Waals surface area contributed by atoms with Crippen molar-refractivity contribution in [3.63, 3.8) is 0 Å². The van der Waals surface area contributed by atoms with E-state index in [0.717, 1.165) is 6.07 Å². The molecule has 0 amide bonds. The summed E-state index contributed by atoms with van der Waals surface area (Å²) in [4.78, 5) is 10.2. The van der Waals surface area contributed by atoms with Gasteiger partial charge in [0.2, 0.25) is 20.0 Å². The second-order valence-corrected chi connectivity index (χ2v) is 12.5. The van der Waals surface area contributed by atoms with Crippen LogP contribution in [0, 0.1) is 10.1 Å². The number of nitro groups is 1. The normalized spacial score (nSPS) is 18.8. The van der Waals surface area contributed by atoms with Gasteiger partial charge in [-0.1, -0.05) is 12.1 Å². The Bertz CT molecular complexity index is 1270. The zero-order chi connectivity index (χ0) is 26.5. The van der Waals surface area contributed by atoms with E-state index in [9.17, 15) is 37.2 Å². The number of nitrogens with zero attached hydrogens (tertiary/aromatic N) is 3. The van der Waals surface area contributed by atoms with E-state index < -0.39 is 31.1 Å². The molecule has 0 radical (unpaired) electrons. The fourth-order valence-electron chi connectivity index (χ4n) is 3.90. The molecule has 198 valence electrons. The number of piperidine rings is 2. The lowest BCUT2D eigenvalue weighted by Crippen LogP contribution is -2.39. The number of benzene rings is 2. The summed E-state index contributed by atoms with van der Waals surface area (Å²) in [5.74, 6) is 0. The Labute approximate surface area is 210 Å². The fraction of sp³-hybridized carbons (Fsp3) is 0.455. The molecule has 2 saturated heterocycles. The molecule has 2 heterocycles. The van der Waals surface area contributed by atoms with Crippen molar-refractivity contribution in [1.29, 1.82) is 0 Å². The zero-order valence-corrected chi connectivity index (χ0v) is 21.1. The largest absolute Gasteiger partial charge is 0.399 e. The van der Waals surface area contributed by atoms with Crippen LogP contribution < -0.4 is 5.73 Å². The number of hydrogen-bond donors (Lipinski definition) is 3. The molecule has 2 aliphatic rings. The van der Waals surface area contributed by atoms with Crippen molar-refractivity contribution in [3.05, 3.63) is 58.6 Å². The Hall–Kier alpha value is -2.62. The van der Waals surface area contributed by atoms with Crippen molar-refractivity contribution in [2.75, 3.05) is 31.9 Å². The van der Waals surface area contributed by atoms with Crippen molar-refractivity contribution in [2.24, 2.45) is 0 Å². The zero-order valence-electron chi connectivity index (χ0n) is 19.5. The first kappa shape index (κ1) is 28.0. The van der Waals surface area contributed by atoms with Crippen molar-refractivity contribution in [3.8, 4) is 0 Å². The van der Waals surface area contributed by atoms with Crippen LogP contribution in [-0.4, -0.2) is 79.0 Å². The summed E-state index contributed by atoms with van der Waals surface area (Å²) in [6, 6.07) is 11.3. The van der Waals surface area contributed by atoms with Crippen LogP contribution in [-0.2, 0) is 20.0 Å². The lowest BCUT2D eigenvalue weighted by molar-refractivity contribution is -0.385. The molecule has 2 aromatic carbocycles. The Morgan fingerprint density at radius 3 is 1.61 bits per heavy atom. The van der Waals surface area contributed by atoms with Crippen LogP contribution >= 0.6 is 0 Å².